The van der Waals surface area contributed by atoms with Crippen LogP contribution in [-0.4, -0.2) is 62.7 Å². The second kappa shape index (κ2) is 22.2. The second-order valence-electron chi connectivity index (χ2n) is 16.3. The van der Waals surface area contributed by atoms with E-state index in [2.05, 4.69) is 66.2 Å². The van der Waals surface area contributed by atoms with Crippen molar-refractivity contribution >= 4 is 23.6 Å². The van der Waals surface area contributed by atoms with E-state index in [1.807, 2.05) is 91.3 Å². The van der Waals surface area contributed by atoms with E-state index in [0.717, 1.165) is 115 Å². The van der Waals surface area contributed by atoms with E-state index < -0.39 is 12.1 Å². The number of aromatic nitrogens is 4. The highest BCUT2D eigenvalue weighted by Gasteiger charge is 2.34. The van der Waals surface area contributed by atoms with Gasteiger partial charge >= 0.3 is 0 Å². The third kappa shape index (κ3) is 12.9. The fourth-order valence-electron chi connectivity index (χ4n) is 7.22. The molecule has 2 atom stereocenters. The minimum Gasteiger partial charge on any atom is -0.354 e. The first-order valence-electron chi connectivity index (χ1n) is 22.2. The maximum absolute atomic E-state index is 13.1. The highest BCUT2D eigenvalue weighted by Crippen LogP contribution is 2.30. The summed E-state index contributed by atoms with van der Waals surface area (Å²) in [6.45, 7) is 8.50. The largest absolute Gasteiger partial charge is 0.354 e. The number of hydrogen-bond acceptors (Lipinski definition) is 6. The molecule has 0 spiro atoms. The predicted octanol–water partition coefficient (Wildman–Crippen LogP) is 7.21. The van der Waals surface area contributed by atoms with Gasteiger partial charge in [0.15, 0.2) is 0 Å². The lowest BCUT2D eigenvalue weighted by atomic mass is 10.1. The van der Waals surface area contributed by atoms with Crippen molar-refractivity contribution in [1.29, 1.82) is 0 Å². The van der Waals surface area contributed by atoms with Crippen LogP contribution in [0.2, 0.25) is 0 Å². The van der Waals surface area contributed by atoms with E-state index in [0.29, 0.717) is 18.7 Å². The van der Waals surface area contributed by atoms with E-state index in [1.54, 1.807) is 18.2 Å². The third-order valence-electron chi connectivity index (χ3n) is 11.3. The van der Waals surface area contributed by atoms with Crippen molar-refractivity contribution in [1.82, 2.24) is 41.2 Å². The molecule has 3 aromatic carbocycles. The Kier molecular flexibility index (Phi) is 15.5. The van der Waals surface area contributed by atoms with Crippen LogP contribution in [0.4, 0.5) is 0 Å². The summed E-state index contributed by atoms with van der Waals surface area (Å²) in [5.74, 6) is 7.69. The molecule has 328 valence electrons. The number of allylic oxidation sites excluding steroid dienone is 2. The van der Waals surface area contributed by atoms with Crippen LogP contribution in [0.15, 0.2) is 128 Å². The Morgan fingerprint density at radius 3 is 1.64 bits per heavy atom. The van der Waals surface area contributed by atoms with Gasteiger partial charge in [0, 0.05) is 48.9 Å². The first kappa shape index (κ1) is 44.8. The average Bonchev–Trinajstić information content (AvgIpc) is 4.26. The molecule has 0 bridgehead atoms. The number of carbonyl (C=O) groups is 4. The van der Waals surface area contributed by atoms with E-state index in [9.17, 15) is 19.2 Å². The SMILES string of the molecule is C=C/C=C(\C=C)C(NC(=O)C1CC1)C(=O)NCCCCc1ncc(-c2ccc(C#Cc3ccc(-c4cnc(CCCCNC(=O)C(NC(=O)C5CC5)c5ccccc5)[nH]4)cc3)cc2)[nH]1. The van der Waals surface area contributed by atoms with Gasteiger partial charge in [0.05, 0.1) is 23.8 Å². The zero-order valence-electron chi connectivity index (χ0n) is 36.1. The van der Waals surface area contributed by atoms with Gasteiger partial charge in [-0.1, -0.05) is 97.8 Å². The van der Waals surface area contributed by atoms with Crippen LogP contribution in [0.1, 0.15) is 85.7 Å². The summed E-state index contributed by atoms with van der Waals surface area (Å²) in [5.41, 5.74) is 7.08. The van der Waals surface area contributed by atoms with Crippen molar-refractivity contribution in [3.8, 4) is 34.4 Å². The van der Waals surface area contributed by atoms with Crippen LogP contribution >= 0.6 is 0 Å². The molecule has 12 nitrogen and oxygen atoms in total. The lowest BCUT2D eigenvalue weighted by Crippen LogP contribution is -2.48. The number of hydrogen-bond donors (Lipinski definition) is 6. The molecule has 4 amide bonds. The van der Waals surface area contributed by atoms with Gasteiger partial charge in [-0.2, -0.15) is 0 Å². The molecule has 0 saturated heterocycles. The number of amides is 4. The van der Waals surface area contributed by atoms with Gasteiger partial charge < -0.3 is 31.2 Å². The number of H-pyrrole nitrogens is 2. The van der Waals surface area contributed by atoms with Crippen LogP contribution in [0, 0.1) is 23.7 Å². The first-order valence-corrected chi connectivity index (χ1v) is 22.2. The number of nitrogens with zero attached hydrogens (tertiary/aromatic N) is 2. The molecule has 12 heteroatoms. The van der Waals surface area contributed by atoms with Crippen LogP contribution in [0.3, 0.4) is 0 Å². The zero-order chi connectivity index (χ0) is 44.7. The summed E-state index contributed by atoms with van der Waals surface area (Å²) < 4.78 is 0. The van der Waals surface area contributed by atoms with Gasteiger partial charge in [-0.15, -0.1) is 0 Å². The molecule has 6 N–H and O–H groups in total. The summed E-state index contributed by atoms with van der Waals surface area (Å²) in [4.78, 5) is 66.9. The Balaban J connectivity index is 0.813. The number of aromatic amines is 2. The molecule has 0 aliphatic heterocycles. The lowest BCUT2D eigenvalue weighted by molar-refractivity contribution is -0.129. The number of carbonyl (C=O) groups excluding carboxylic acids is 4. The van der Waals surface area contributed by atoms with Crippen LogP contribution < -0.4 is 21.3 Å². The Hall–Kier alpha value is -7.26. The number of unbranched alkanes of at least 4 members (excludes halogenated alkanes) is 2. The van der Waals surface area contributed by atoms with Crippen LogP contribution in [-0.2, 0) is 32.0 Å². The summed E-state index contributed by atoms with van der Waals surface area (Å²) in [6.07, 6.45) is 16.7. The smallest absolute Gasteiger partial charge is 0.247 e. The third-order valence-corrected chi connectivity index (χ3v) is 11.3. The fraction of sp³-hybridized carbons (Fsp3) is 0.308. The van der Waals surface area contributed by atoms with Crippen molar-refractivity contribution in [2.45, 2.75) is 76.3 Å². The molecule has 2 aliphatic carbocycles. The lowest BCUT2D eigenvalue weighted by Gasteiger charge is -2.19. The maximum Gasteiger partial charge on any atom is 0.247 e. The Bertz CT molecular complexity index is 2500. The summed E-state index contributed by atoms with van der Waals surface area (Å²) in [6, 6.07) is 24.0. The topological polar surface area (TPSA) is 174 Å². The number of benzene rings is 3. The number of rotatable bonds is 22. The highest BCUT2D eigenvalue weighted by atomic mass is 16.2. The molecular weight excluding hydrogens is 801 g/mol. The van der Waals surface area contributed by atoms with Gasteiger partial charge in [-0.3, -0.25) is 19.2 Å². The van der Waals surface area contributed by atoms with E-state index in [-0.39, 0.29) is 35.5 Å². The molecule has 2 fully saturated rings. The van der Waals surface area contributed by atoms with Crippen molar-refractivity contribution in [3.05, 3.63) is 157 Å². The number of nitrogens with one attached hydrogen (secondary N) is 6. The van der Waals surface area contributed by atoms with Gasteiger partial charge in [-0.05, 0) is 97.9 Å². The van der Waals surface area contributed by atoms with E-state index in [4.69, 9.17) is 0 Å². The van der Waals surface area contributed by atoms with Crippen molar-refractivity contribution < 1.29 is 19.2 Å². The van der Waals surface area contributed by atoms with Crippen LogP contribution in [0.25, 0.3) is 22.5 Å². The van der Waals surface area contributed by atoms with E-state index in [1.165, 1.54) is 0 Å². The molecule has 2 aliphatic rings. The molecule has 2 saturated carbocycles. The number of imidazole rings is 2. The van der Waals surface area contributed by atoms with Crippen molar-refractivity contribution in [3.63, 3.8) is 0 Å². The highest BCUT2D eigenvalue weighted by molar-refractivity contribution is 5.92. The predicted molar refractivity (Wildman–Crippen MR) is 249 cm³/mol. The summed E-state index contributed by atoms with van der Waals surface area (Å²) >= 11 is 0. The Morgan fingerprint density at radius 1 is 0.656 bits per heavy atom. The molecular formula is C52H56N8O4. The Labute approximate surface area is 375 Å². The van der Waals surface area contributed by atoms with Crippen molar-refractivity contribution in [2.24, 2.45) is 11.8 Å². The molecule has 2 aromatic heterocycles. The maximum atomic E-state index is 13.1. The molecule has 7 rings (SSSR count). The Morgan fingerprint density at radius 2 is 1.16 bits per heavy atom. The normalized spacial score (nSPS) is 14.3. The van der Waals surface area contributed by atoms with Gasteiger partial charge in [0.2, 0.25) is 23.6 Å². The minimum absolute atomic E-state index is 0.00874. The van der Waals surface area contributed by atoms with Gasteiger partial charge in [0.25, 0.3) is 0 Å². The monoisotopic (exact) mass is 856 g/mol. The fourth-order valence-corrected chi connectivity index (χ4v) is 7.22. The van der Waals surface area contributed by atoms with Crippen LogP contribution in [0.5, 0.6) is 0 Å². The second-order valence-corrected chi connectivity index (χ2v) is 16.3. The molecule has 2 heterocycles. The summed E-state index contributed by atoms with van der Waals surface area (Å²) in [7, 11) is 0. The molecule has 0 radical (unpaired) electrons. The first-order chi connectivity index (χ1) is 31.3. The minimum atomic E-state index is -0.794. The van der Waals surface area contributed by atoms with Gasteiger partial charge in [-0.25, -0.2) is 9.97 Å². The molecule has 64 heavy (non-hydrogen) atoms. The van der Waals surface area contributed by atoms with E-state index >= 15 is 0 Å². The van der Waals surface area contributed by atoms with Crippen molar-refractivity contribution in [2.75, 3.05) is 13.1 Å². The number of aryl methyl sites for hydroxylation is 2. The summed E-state index contributed by atoms with van der Waals surface area (Å²) in [5, 5.41) is 11.8. The zero-order valence-corrected chi connectivity index (χ0v) is 36.1. The molecule has 2 unspecified atom stereocenters. The average molecular weight is 857 g/mol. The quantitative estimate of drug-likeness (QED) is 0.0244. The van der Waals surface area contributed by atoms with Gasteiger partial charge in [0.1, 0.15) is 23.7 Å². The standard InChI is InChI=1S/C52H56N8O4/c1-3-12-37(4-2)47(59-49(61)41-27-28-41)51(63)53-31-10-8-15-45-55-33-43(57-45)38-23-19-35(20-24-38)17-18-36-21-25-39(26-22-36)44-34-56-46(58-44)16-9-11-32-54-52(64)48(40-13-6-5-7-14-40)60-50(62)42-29-30-42/h3-7,12-14,19-26,33-34,41-42,47-48H,1-2,8-11,15-16,27-32H2,(H,53,63)(H,54,64)(H,55,57)(H,56,58)(H,59,61)(H,60,62)/b37-12+. The molecule has 5 aromatic rings.